The Balaban J connectivity index is 2.51. The molecule has 0 heterocycles. The molecule has 0 spiro atoms. The summed E-state index contributed by atoms with van der Waals surface area (Å²) in [6, 6.07) is 0. The summed E-state index contributed by atoms with van der Waals surface area (Å²) >= 11 is 0. The van der Waals surface area contributed by atoms with Gasteiger partial charge in [-0.25, -0.2) is 0 Å². The Hall–Kier alpha value is -0.0800. The van der Waals surface area contributed by atoms with Gasteiger partial charge in [-0.2, -0.15) is 0 Å². The lowest BCUT2D eigenvalue weighted by atomic mass is 9.51. The van der Waals surface area contributed by atoms with Gasteiger partial charge in [0.1, 0.15) is 0 Å². The van der Waals surface area contributed by atoms with Gasteiger partial charge in [0.05, 0.1) is 12.2 Å². The van der Waals surface area contributed by atoms with Gasteiger partial charge in [0.15, 0.2) is 0 Å². The molecule has 0 aliphatic heterocycles. The highest BCUT2D eigenvalue weighted by Crippen LogP contribution is 2.55. The minimum atomic E-state index is -0.248. The van der Waals surface area contributed by atoms with Crippen LogP contribution in [0.25, 0.3) is 0 Å². The van der Waals surface area contributed by atoms with E-state index in [1.54, 1.807) is 0 Å². The number of hydrogen-bond donors (Lipinski definition) is 1. The summed E-state index contributed by atoms with van der Waals surface area (Å²) in [7, 11) is 0. The fraction of sp³-hybridized carbons (Fsp3) is 1.00. The van der Waals surface area contributed by atoms with Crippen molar-refractivity contribution < 1.29 is 9.84 Å². The van der Waals surface area contributed by atoms with Gasteiger partial charge in [-0.3, -0.25) is 0 Å². The monoisotopic (exact) mass is 200 g/mol. The third-order valence-electron chi connectivity index (χ3n) is 3.54. The molecule has 0 amide bonds. The van der Waals surface area contributed by atoms with E-state index < -0.39 is 0 Å². The van der Waals surface area contributed by atoms with Crippen molar-refractivity contribution in [3.8, 4) is 0 Å². The summed E-state index contributed by atoms with van der Waals surface area (Å²) in [5.74, 6) is 0. The SMILES string of the molecule is CCCCOC1C(C)(C)C(O)C1(C)C. The average Bonchev–Trinajstić information content (AvgIpc) is 2.10. The quantitative estimate of drug-likeness (QED) is 0.707. The summed E-state index contributed by atoms with van der Waals surface area (Å²) in [4.78, 5) is 0. The number of rotatable bonds is 4. The van der Waals surface area contributed by atoms with Crippen LogP contribution in [0.2, 0.25) is 0 Å². The molecule has 84 valence electrons. The predicted octanol–water partition coefficient (Wildman–Crippen LogP) is 2.60. The molecule has 1 rings (SSSR count). The molecule has 0 aromatic heterocycles. The minimum Gasteiger partial charge on any atom is -0.392 e. The number of aliphatic hydroxyl groups excluding tert-OH is 1. The second-order valence-corrected chi connectivity index (χ2v) is 5.65. The first-order valence-electron chi connectivity index (χ1n) is 5.64. The molecular formula is C12H24O2. The highest BCUT2D eigenvalue weighted by molar-refractivity contribution is 5.11. The van der Waals surface area contributed by atoms with Crippen molar-refractivity contribution in [1.82, 2.24) is 0 Å². The van der Waals surface area contributed by atoms with E-state index in [0.29, 0.717) is 0 Å². The molecule has 1 saturated carbocycles. The van der Waals surface area contributed by atoms with Crippen LogP contribution in [0.5, 0.6) is 0 Å². The van der Waals surface area contributed by atoms with E-state index >= 15 is 0 Å². The molecule has 0 atom stereocenters. The van der Waals surface area contributed by atoms with Crippen LogP contribution in [0.15, 0.2) is 0 Å². The molecule has 1 N–H and O–H groups in total. The predicted molar refractivity (Wildman–Crippen MR) is 58.2 cm³/mol. The molecular weight excluding hydrogens is 176 g/mol. The Morgan fingerprint density at radius 2 is 1.64 bits per heavy atom. The molecule has 1 aliphatic rings. The first-order chi connectivity index (χ1) is 6.35. The van der Waals surface area contributed by atoms with Crippen molar-refractivity contribution in [2.45, 2.75) is 59.7 Å². The van der Waals surface area contributed by atoms with Crippen LogP contribution >= 0.6 is 0 Å². The minimum absolute atomic E-state index is 0.0861. The fourth-order valence-electron chi connectivity index (χ4n) is 2.88. The summed E-state index contributed by atoms with van der Waals surface area (Å²) in [6.07, 6.45) is 2.22. The second-order valence-electron chi connectivity index (χ2n) is 5.65. The van der Waals surface area contributed by atoms with Crippen LogP contribution in [-0.2, 0) is 4.74 Å². The van der Waals surface area contributed by atoms with Gasteiger partial charge in [0.25, 0.3) is 0 Å². The van der Waals surface area contributed by atoms with E-state index in [1.165, 1.54) is 0 Å². The molecule has 0 saturated heterocycles. The van der Waals surface area contributed by atoms with E-state index in [2.05, 4.69) is 34.6 Å². The Bertz CT molecular complexity index is 180. The zero-order valence-electron chi connectivity index (χ0n) is 10.1. The topological polar surface area (TPSA) is 29.5 Å². The number of ether oxygens (including phenoxy) is 1. The Morgan fingerprint density at radius 1 is 1.14 bits per heavy atom. The van der Waals surface area contributed by atoms with Crippen molar-refractivity contribution >= 4 is 0 Å². The van der Waals surface area contributed by atoms with Crippen molar-refractivity contribution in [3.05, 3.63) is 0 Å². The van der Waals surface area contributed by atoms with Crippen molar-refractivity contribution in [2.75, 3.05) is 6.61 Å². The van der Waals surface area contributed by atoms with Gasteiger partial charge >= 0.3 is 0 Å². The van der Waals surface area contributed by atoms with Crippen LogP contribution in [0, 0.1) is 10.8 Å². The van der Waals surface area contributed by atoms with Crippen molar-refractivity contribution in [2.24, 2.45) is 10.8 Å². The summed E-state index contributed by atoms with van der Waals surface area (Å²) < 4.78 is 5.86. The van der Waals surface area contributed by atoms with E-state index in [1.807, 2.05) is 0 Å². The Labute approximate surface area is 87.7 Å². The molecule has 0 aromatic carbocycles. The smallest absolute Gasteiger partial charge is 0.0726 e. The fourth-order valence-corrected chi connectivity index (χ4v) is 2.88. The van der Waals surface area contributed by atoms with Crippen molar-refractivity contribution in [3.63, 3.8) is 0 Å². The molecule has 0 bridgehead atoms. The van der Waals surface area contributed by atoms with E-state index in [4.69, 9.17) is 4.74 Å². The number of hydrogen-bond acceptors (Lipinski definition) is 2. The number of aliphatic hydroxyl groups is 1. The third kappa shape index (κ3) is 1.70. The molecule has 0 aromatic rings. The van der Waals surface area contributed by atoms with Crippen LogP contribution in [-0.4, -0.2) is 23.9 Å². The van der Waals surface area contributed by atoms with E-state index in [0.717, 1.165) is 19.4 Å². The lowest BCUT2D eigenvalue weighted by Gasteiger charge is -2.61. The van der Waals surface area contributed by atoms with E-state index in [-0.39, 0.29) is 23.0 Å². The molecule has 2 heteroatoms. The molecule has 0 radical (unpaired) electrons. The van der Waals surface area contributed by atoms with Crippen LogP contribution < -0.4 is 0 Å². The molecule has 1 aliphatic carbocycles. The first kappa shape index (κ1) is 12.0. The highest BCUT2D eigenvalue weighted by Gasteiger charge is 2.61. The molecule has 0 unspecified atom stereocenters. The largest absolute Gasteiger partial charge is 0.392 e. The molecule has 2 nitrogen and oxygen atoms in total. The Morgan fingerprint density at radius 3 is 2.07 bits per heavy atom. The zero-order chi connectivity index (χ0) is 11.0. The van der Waals surface area contributed by atoms with Crippen molar-refractivity contribution in [1.29, 1.82) is 0 Å². The zero-order valence-corrected chi connectivity index (χ0v) is 10.1. The normalized spacial score (nSPS) is 33.9. The van der Waals surface area contributed by atoms with Crippen LogP contribution in [0.4, 0.5) is 0 Å². The van der Waals surface area contributed by atoms with E-state index in [9.17, 15) is 5.11 Å². The van der Waals surface area contributed by atoms with Gasteiger partial charge in [-0.15, -0.1) is 0 Å². The van der Waals surface area contributed by atoms with Gasteiger partial charge in [-0.05, 0) is 6.42 Å². The van der Waals surface area contributed by atoms with Gasteiger partial charge < -0.3 is 9.84 Å². The second kappa shape index (κ2) is 3.82. The average molecular weight is 200 g/mol. The standard InChI is InChI=1S/C12H24O2/c1-6-7-8-14-10-11(2,3)9(13)12(10,4)5/h9-10,13H,6-8H2,1-5H3. The van der Waals surface area contributed by atoms with Gasteiger partial charge in [0.2, 0.25) is 0 Å². The third-order valence-corrected chi connectivity index (χ3v) is 3.54. The molecule has 14 heavy (non-hydrogen) atoms. The first-order valence-corrected chi connectivity index (χ1v) is 5.64. The van der Waals surface area contributed by atoms with Gasteiger partial charge in [0, 0.05) is 17.4 Å². The van der Waals surface area contributed by atoms with Gasteiger partial charge in [-0.1, -0.05) is 41.0 Å². The summed E-state index contributed by atoms with van der Waals surface area (Å²) in [6.45, 7) is 11.3. The Kier molecular flexibility index (Phi) is 3.27. The maximum atomic E-state index is 9.95. The summed E-state index contributed by atoms with van der Waals surface area (Å²) in [5.41, 5.74) is -0.172. The van der Waals surface area contributed by atoms with Crippen LogP contribution in [0.1, 0.15) is 47.5 Å². The lowest BCUT2D eigenvalue weighted by Crippen LogP contribution is -2.68. The number of unbranched alkanes of at least 4 members (excludes halogenated alkanes) is 1. The van der Waals surface area contributed by atoms with Crippen LogP contribution in [0.3, 0.4) is 0 Å². The molecule has 1 fully saturated rings. The highest BCUT2D eigenvalue weighted by atomic mass is 16.5. The lowest BCUT2D eigenvalue weighted by molar-refractivity contribution is -0.266. The maximum Gasteiger partial charge on any atom is 0.0726 e. The maximum absolute atomic E-state index is 9.95. The summed E-state index contributed by atoms with van der Waals surface area (Å²) in [5, 5.41) is 9.95.